The fourth-order valence-corrected chi connectivity index (χ4v) is 6.81. The van der Waals surface area contributed by atoms with Gasteiger partial charge in [-0.2, -0.15) is 0 Å². The van der Waals surface area contributed by atoms with Gasteiger partial charge in [-0.25, -0.2) is 4.57 Å². The highest BCUT2D eigenvalue weighted by molar-refractivity contribution is 7.48. The van der Waals surface area contributed by atoms with Gasteiger partial charge < -0.3 is 18.9 Å². The molecule has 1 heterocycles. The molecule has 0 aromatic heterocycles. The molecule has 1 rings (SSSR count). The third-order valence-electron chi connectivity index (χ3n) is 8.83. The second-order valence-corrected chi connectivity index (χ2v) is 15.8. The molecule has 1 saturated heterocycles. The molecule has 1 fully saturated rings. The van der Waals surface area contributed by atoms with Crippen molar-refractivity contribution >= 4 is 19.8 Å². The van der Waals surface area contributed by atoms with E-state index in [-0.39, 0.29) is 38.8 Å². The Bertz CT molecular complexity index is 867. The molecule has 0 bridgehead atoms. The van der Waals surface area contributed by atoms with E-state index in [2.05, 4.69) is 13.8 Å². The Kier molecular flexibility index (Phi) is 27.7. The highest BCUT2D eigenvalue weighted by Crippen LogP contribution is 2.49. The van der Waals surface area contributed by atoms with Crippen LogP contribution in [0, 0.1) is 0 Å². The molecule has 0 aromatic carbocycles. The van der Waals surface area contributed by atoms with E-state index in [4.69, 9.17) is 32.5 Å². The molecule has 0 aliphatic carbocycles. The fraction of sp³-hybridized carbons (Fsp3) is 0.947. The number of esters is 2. The van der Waals surface area contributed by atoms with Gasteiger partial charge in [-0.3, -0.25) is 23.2 Å². The summed E-state index contributed by atoms with van der Waals surface area (Å²) in [6.07, 6.45) is 25.4. The van der Waals surface area contributed by atoms with Crippen LogP contribution < -0.4 is 0 Å². The molecule has 1 aliphatic heterocycles. The molecule has 0 N–H and O–H groups in total. The number of hydrogen-bond donors (Lipinski definition) is 0. The van der Waals surface area contributed by atoms with Gasteiger partial charge in [0.25, 0.3) is 0 Å². The molecule has 0 radical (unpaired) electrons. The average Bonchev–Trinajstić information content (AvgIpc) is 3.44. The predicted molar refractivity (Wildman–Crippen MR) is 194 cm³/mol. The van der Waals surface area contributed by atoms with E-state index in [0.29, 0.717) is 6.42 Å². The van der Waals surface area contributed by atoms with E-state index in [1.165, 1.54) is 110 Å². The standard InChI is InChI=1S/C38H73O10P/c1-6-8-10-12-14-16-18-20-22-24-26-28-36(39)43-30-34(32-45-49(41,42-5)46-33-35-31-44-38(3,4)48-35)47-37(40)29-27-25-23-21-19-17-15-13-11-9-7-2/h34-35H,6-33H2,1-5H3/t34-,35?,49?/m1/s1. The molecule has 10 nitrogen and oxygen atoms in total. The number of ether oxygens (including phenoxy) is 4. The minimum absolute atomic E-state index is 0.0637. The number of unbranched alkanes of at least 4 members (excludes halogenated alkanes) is 20. The number of carbonyl (C=O) groups excluding carboxylic acids is 2. The maximum absolute atomic E-state index is 13.1. The third-order valence-corrected chi connectivity index (χ3v) is 10.2. The zero-order chi connectivity index (χ0) is 36.1. The van der Waals surface area contributed by atoms with Crippen molar-refractivity contribution in [2.24, 2.45) is 0 Å². The number of hydrogen-bond acceptors (Lipinski definition) is 10. The summed E-state index contributed by atoms with van der Waals surface area (Å²) in [5, 5.41) is 0. The Hall–Kier alpha value is -1.03. The number of rotatable bonds is 34. The molecular formula is C38H73O10P. The van der Waals surface area contributed by atoms with Crippen LogP contribution in [0.1, 0.15) is 182 Å². The first kappa shape index (κ1) is 46.0. The molecule has 49 heavy (non-hydrogen) atoms. The van der Waals surface area contributed by atoms with Crippen LogP contribution in [0.3, 0.4) is 0 Å². The maximum Gasteiger partial charge on any atom is 0.474 e. The fourth-order valence-electron chi connectivity index (χ4n) is 5.82. The highest BCUT2D eigenvalue weighted by Gasteiger charge is 2.36. The number of phosphoric ester groups is 1. The van der Waals surface area contributed by atoms with Crippen molar-refractivity contribution in [3.63, 3.8) is 0 Å². The van der Waals surface area contributed by atoms with E-state index in [9.17, 15) is 14.2 Å². The Morgan fingerprint density at radius 3 is 1.55 bits per heavy atom. The van der Waals surface area contributed by atoms with Crippen LogP contribution in [-0.2, 0) is 46.7 Å². The van der Waals surface area contributed by atoms with Crippen LogP contribution in [0.4, 0.5) is 0 Å². The van der Waals surface area contributed by atoms with Gasteiger partial charge in [0, 0.05) is 20.0 Å². The summed E-state index contributed by atoms with van der Waals surface area (Å²) < 4.78 is 51.5. The summed E-state index contributed by atoms with van der Waals surface area (Å²) in [5.41, 5.74) is 0. The Morgan fingerprint density at radius 1 is 0.673 bits per heavy atom. The van der Waals surface area contributed by atoms with Gasteiger partial charge in [-0.1, -0.05) is 142 Å². The first-order valence-electron chi connectivity index (χ1n) is 19.7. The first-order valence-corrected chi connectivity index (χ1v) is 21.2. The molecule has 3 atom stereocenters. The smallest absolute Gasteiger partial charge is 0.462 e. The van der Waals surface area contributed by atoms with Crippen molar-refractivity contribution in [1.29, 1.82) is 0 Å². The zero-order valence-electron chi connectivity index (χ0n) is 32.0. The molecule has 1 aliphatic rings. The number of carbonyl (C=O) groups is 2. The Labute approximate surface area is 299 Å². The molecule has 11 heteroatoms. The largest absolute Gasteiger partial charge is 0.474 e. The lowest BCUT2D eigenvalue weighted by molar-refractivity contribution is -0.161. The van der Waals surface area contributed by atoms with Crippen molar-refractivity contribution < 1.29 is 46.7 Å². The van der Waals surface area contributed by atoms with Gasteiger partial charge in [0.05, 0.1) is 19.8 Å². The lowest BCUT2D eigenvalue weighted by Gasteiger charge is -2.22. The third kappa shape index (κ3) is 26.4. The van der Waals surface area contributed by atoms with Gasteiger partial charge in [0.2, 0.25) is 0 Å². The van der Waals surface area contributed by atoms with Crippen LogP contribution in [0.2, 0.25) is 0 Å². The Morgan fingerprint density at radius 2 is 1.12 bits per heavy atom. The van der Waals surface area contributed by atoms with Crippen LogP contribution in [0.15, 0.2) is 0 Å². The van der Waals surface area contributed by atoms with Crippen molar-refractivity contribution in [2.45, 2.75) is 200 Å². The van der Waals surface area contributed by atoms with Gasteiger partial charge in [-0.15, -0.1) is 0 Å². The van der Waals surface area contributed by atoms with Gasteiger partial charge in [0.1, 0.15) is 12.7 Å². The topological polar surface area (TPSA) is 116 Å². The van der Waals surface area contributed by atoms with E-state index in [1.54, 1.807) is 13.8 Å². The zero-order valence-corrected chi connectivity index (χ0v) is 32.9. The lowest BCUT2D eigenvalue weighted by atomic mass is 10.1. The molecular weight excluding hydrogens is 647 g/mol. The molecule has 290 valence electrons. The predicted octanol–water partition coefficient (Wildman–Crippen LogP) is 10.8. The van der Waals surface area contributed by atoms with Gasteiger partial charge in [-0.05, 0) is 26.7 Å². The van der Waals surface area contributed by atoms with E-state index in [0.717, 1.165) is 38.5 Å². The lowest BCUT2D eigenvalue weighted by Crippen LogP contribution is -2.30. The Balaban J connectivity index is 2.43. The summed E-state index contributed by atoms with van der Waals surface area (Å²) in [6, 6.07) is 0. The van der Waals surface area contributed by atoms with Crippen LogP contribution in [0.5, 0.6) is 0 Å². The minimum atomic E-state index is -4.00. The molecule has 0 spiro atoms. The van der Waals surface area contributed by atoms with Crippen LogP contribution in [-0.4, -0.2) is 63.5 Å². The molecule has 2 unspecified atom stereocenters. The SMILES string of the molecule is CCCCCCCCCCCCCC(=O)OC[C@H](COP(=O)(OC)OCC1COC(C)(C)O1)OC(=O)CCCCCCCCCCCCC. The summed E-state index contributed by atoms with van der Waals surface area (Å²) in [4.78, 5) is 25.2. The van der Waals surface area contributed by atoms with Crippen LogP contribution >= 0.6 is 7.82 Å². The maximum atomic E-state index is 13.1. The van der Waals surface area contributed by atoms with Crippen molar-refractivity contribution in [2.75, 3.05) is 33.5 Å². The van der Waals surface area contributed by atoms with Crippen molar-refractivity contribution in [3.05, 3.63) is 0 Å². The normalized spacial score (nSPS) is 17.5. The molecule has 0 saturated carbocycles. The second-order valence-electron chi connectivity index (χ2n) is 14.0. The first-order chi connectivity index (χ1) is 23.6. The quantitative estimate of drug-likeness (QED) is 0.0361. The molecule has 0 amide bonds. The van der Waals surface area contributed by atoms with Gasteiger partial charge in [0.15, 0.2) is 11.9 Å². The number of phosphoric acid groups is 1. The second kappa shape index (κ2) is 29.5. The summed E-state index contributed by atoms with van der Waals surface area (Å²) in [6.45, 7) is 7.76. The van der Waals surface area contributed by atoms with Crippen LogP contribution in [0.25, 0.3) is 0 Å². The summed E-state index contributed by atoms with van der Waals surface area (Å²) in [5.74, 6) is -1.51. The highest BCUT2D eigenvalue weighted by atomic mass is 31.2. The average molecular weight is 721 g/mol. The summed E-state index contributed by atoms with van der Waals surface area (Å²) in [7, 11) is -2.78. The van der Waals surface area contributed by atoms with Crippen molar-refractivity contribution in [3.8, 4) is 0 Å². The summed E-state index contributed by atoms with van der Waals surface area (Å²) >= 11 is 0. The van der Waals surface area contributed by atoms with E-state index in [1.807, 2.05) is 0 Å². The molecule has 0 aromatic rings. The van der Waals surface area contributed by atoms with Gasteiger partial charge >= 0.3 is 19.8 Å². The van der Waals surface area contributed by atoms with Crippen molar-refractivity contribution in [1.82, 2.24) is 0 Å². The van der Waals surface area contributed by atoms with E-state index >= 15 is 0 Å². The minimum Gasteiger partial charge on any atom is -0.462 e. The van der Waals surface area contributed by atoms with E-state index < -0.39 is 31.8 Å². The monoisotopic (exact) mass is 720 g/mol.